The number of aromatic nitrogens is 1. The molecule has 3 rings (SSSR count). The third-order valence-electron chi connectivity index (χ3n) is 4.92. The van der Waals surface area contributed by atoms with Crippen molar-refractivity contribution in [1.82, 2.24) is 4.98 Å². The molecule has 2 aromatic rings. The first-order valence-corrected chi connectivity index (χ1v) is 7.96. The maximum absolute atomic E-state index is 5.95. The van der Waals surface area contributed by atoms with Gasteiger partial charge in [0.2, 0.25) is 0 Å². The van der Waals surface area contributed by atoms with E-state index < -0.39 is 0 Å². The van der Waals surface area contributed by atoms with E-state index in [1.165, 1.54) is 24.9 Å². The van der Waals surface area contributed by atoms with E-state index in [4.69, 9.17) is 5.73 Å². The number of hydrogen-bond acceptors (Lipinski definition) is 3. The number of fused-ring (bicyclic) bond motifs is 1. The molecule has 0 bridgehead atoms. The molecule has 1 aromatic carbocycles. The van der Waals surface area contributed by atoms with Gasteiger partial charge in [0.25, 0.3) is 0 Å². The highest BCUT2D eigenvalue weighted by atomic mass is 14.9. The first-order valence-electron chi connectivity index (χ1n) is 7.96. The Morgan fingerprint density at radius 1 is 1.14 bits per heavy atom. The van der Waals surface area contributed by atoms with Gasteiger partial charge in [-0.3, -0.25) is 4.98 Å². The van der Waals surface area contributed by atoms with Gasteiger partial charge in [-0.1, -0.05) is 13.8 Å². The lowest BCUT2D eigenvalue weighted by Crippen LogP contribution is -2.30. The number of anilines is 2. The van der Waals surface area contributed by atoms with E-state index in [1.54, 1.807) is 0 Å². The summed E-state index contributed by atoms with van der Waals surface area (Å²) in [5.41, 5.74) is 9.99. The van der Waals surface area contributed by atoms with Gasteiger partial charge < -0.3 is 11.1 Å². The minimum Gasteiger partial charge on any atom is -0.399 e. The number of nitrogens with zero attached hydrogens (tertiary/aromatic N) is 1. The molecule has 0 saturated heterocycles. The Kier molecular flexibility index (Phi) is 3.75. The molecule has 0 aliphatic heterocycles. The van der Waals surface area contributed by atoms with Crippen LogP contribution in [-0.4, -0.2) is 11.0 Å². The van der Waals surface area contributed by atoms with Crippen molar-refractivity contribution in [2.24, 2.45) is 11.8 Å². The maximum Gasteiger partial charge on any atom is 0.0727 e. The van der Waals surface area contributed by atoms with Crippen LogP contribution in [0.5, 0.6) is 0 Å². The van der Waals surface area contributed by atoms with Gasteiger partial charge in [0.05, 0.1) is 5.52 Å². The van der Waals surface area contributed by atoms with Crippen LogP contribution < -0.4 is 11.1 Å². The first kappa shape index (κ1) is 14.2. The fourth-order valence-electron chi connectivity index (χ4n) is 3.39. The lowest BCUT2D eigenvalue weighted by atomic mass is 9.79. The molecule has 1 aliphatic rings. The van der Waals surface area contributed by atoms with E-state index in [9.17, 15) is 0 Å². The fraction of sp³-hybridized carbons (Fsp3) is 0.500. The molecular weight excluding hydrogens is 258 g/mol. The number of nitrogens with one attached hydrogen (secondary N) is 1. The van der Waals surface area contributed by atoms with Crippen LogP contribution in [0, 0.1) is 18.8 Å². The molecule has 3 unspecified atom stereocenters. The minimum absolute atomic E-state index is 0.558. The smallest absolute Gasteiger partial charge is 0.0727 e. The van der Waals surface area contributed by atoms with Gasteiger partial charge in [0, 0.05) is 28.5 Å². The second-order valence-corrected chi connectivity index (χ2v) is 6.70. The zero-order chi connectivity index (χ0) is 15.0. The molecule has 0 spiro atoms. The lowest BCUT2D eigenvalue weighted by Gasteiger charge is -2.33. The molecule has 1 saturated carbocycles. The average molecular weight is 283 g/mol. The summed E-state index contributed by atoms with van der Waals surface area (Å²) in [6.45, 7) is 6.78. The highest BCUT2D eigenvalue weighted by Gasteiger charge is 2.24. The van der Waals surface area contributed by atoms with Crippen LogP contribution in [-0.2, 0) is 0 Å². The van der Waals surface area contributed by atoms with E-state index >= 15 is 0 Å². The number of pyridine rings is 1. The Hall–Kier alpha value is -1.77. The summed E-state index contributed by atoms with van der Waals surface area (Å²) in [7, 11) is 0. The van der Waals surface area contributed by atoms with E-state index in [-0.39, 0.29) is 0 Å². The van der Waals surface area contributed by atoms with Crippen molar-refractivity contribution in [2.75, 3.05) is 11.1 Å². The topological polar surface area (TPSA) is 50.9 Å². The van der Waals surface area contributed by atoms with Crippen molar-refractivity contribution < 1.29 is 0 Å². The van der Waals surface area contributed by atoms with Gasteiger partial charge in [-0.15, -0.1) is 0 Å². The van der Waals surface area contributed by atoms with Gasteiger partial charge in [-0.2, -0.15) is 0 Å². The van der Waals surface area contributed by atoms with Crippen LogP contribution in [0.15, 0.2) is 24.3 Å². The summed E-state index contributed by atoms with van der Waals surface area (Å²) in [5, 5.41) is 4.88. The lowest BCUT2D eigenvalue weighted by molar-refractivity contribution is 0.261. The number of aryl methyl sites for hydroxylation is 1. The van der Waals surface area contributed by atoms with Gasteiger partial charge in [-0.05, 0) is 62.3 Å². The van der Waals surface area contributed by atoms with E-state index in [0.717, 1.165) is 34.1 Å². The highest BCUT2D eigenvalue weighted by Crippen LogP contribution is 2.33. The number of rotatable bonds is 2. The second-order valence-electron chi connectivity index (χ2n) is 6.70. The number of benzene rings is 1. The summed E-state index contributed by atoms with van der Waals surface area (Å²) < 4.78 is 0. The normalized spacial score (nSPS) is 26.0. The Bertz CT molecular complexity index is 650. The van der Waals surface area contributed by atoms with Gasteiger partial charge in [0.15, 0.2) is 0 Å². The van der Waals surface area contributed by atoms with Crippen molar-refractivity contribution in [1.29, 1.82) is 0 Å². The molecular formula is C18H25N3. The molecule has 1 fully saturated rings. The summed E-state index contributed by atoms with van der Waals surface area (Å²) in [6, 6.07) is 8.66. The van der Waals surface area contributed by atoms with Crippen LogP contribution in [0.25, 0.3) is 10.9 Å². The molecule has 0 radical (unpaired) electrons. The average Bonchev–Trinajstić information content (AvgIpc) is 2.43. The van der Waals surface area contributed by atoms with Crippen LogP contribution in [0.2, 0.25) is 0 Å². The molecule has 3 nitrogen and oxygen atoms in total. The number of nitrogens with two attached hydrogens (primary N) is 1. The molecule has 3 N–H and O–H groups in total. The molecule has 1 aliphatic carbocycles. The summed E-state index contributed by atoms with van der Waals surface area (Å²) in [6.07, 6.45) is 3.80. The summed E-state index contributed by atoms with van der Waals surface area (Å²) >= 11 is 0. The third kappa shape index (κ3) is 2.97. The largest absolute Gasteiger partial charge is 0.399 e. The highest BCUT2D eigenvalue weighted by molar-refractivity contribution is 5.93. The first-order chi connectivity index (χ1) is 10.0. The zero-order valence-electron chi connectivity index (χ0n) is 13.2. The second kappa shape index (κ2) is 5.55. The van der Waals surface area contributed by atoms with Crippen molar-refractivity contribution in [3.05, 3.63) is 30.0 Å². The Morgan fingerprint density at radius 3 is 2.71 bits per heavy atom. The van der Waals surface area contributed by atoms with Crippen LogP contribution in [0.4, 0.5) is 11.4 Å². The number of hydrogen-bond donors (Lipinski definition) is 2. The molecule has 3 heteroatoms. The summed E-state index contributed by atoms with van der Waals surface area (Å²) in [5.74, 6) is 1.63. The SMILES string of the molecule is Cc1cc(NC2CCC(C)C(C)C2)c2cc(N)ccc2n1. The maximum atomic E-state index is 5.95. The zero-order valence-corrected chi connectivity index (χ0v) is 13.2. The van der Waals surface area contributed by atoms with Crippen molar-refractivity contribution in [2.45, 2.75) is 46.1 Å². The molecule has 21 heavy (non-hydrogen) atoms. The minimum atomic E-state index is 0.558. The van der Waals surface area contributed by atoms with Gasteiger partial charge in [0.1, 0.15) is 0 Å². The monoisotopic (exact) mass is 283 g/mol. The van der Waals surface area contributed by atoms with Crippen LogP contribution in [0.3, 0.4) is 0 Å². The van der Waals surface area contributed by atoms with Crippen molar-refractivity contribution >= 4 is 22.3 Å². The Balaban J connectivity index is 1.91. The predicted octanol–water partition coefficient (Wildman–Crippen LogP) is 4.36. The summed E-state index contributed by atoms with van der Waals surface area (Å²) in [4.78, 5) is 4.60. The van der Waals surface area contributed by atoms with Crippen molar-refractivity contribution in [3.63, 3.8) is 0 Å². The van der Waals surface area contributed by atoms with Gasteiger partial charge >= 0.3 is 0 Å². The van der Waals surface area contributed by atoms with Crippen LogP contribution >= 0.6 is 0 Å². The standard InChI is InChI=1S/C18H25N3/c1-11-4-6-15(8-12(11)2)21-18-9-13(3)20-17-7-5-14(19)10-16(17)18/h5,7,9-12,15H,4,6,8,19H2,1-3H3,(H,20,21). The Labute approximate surface area is 127 Å². The van der Waals surface area contributed by atoms with E-state index in [0.29, 0.717) is 6.04 Å². The molecule has 3 atom stereocenters. The molecule has 1 heterocycles. The molecule has 0 amide bonds. The van der Waals surface area contributed by atoms with Crippen LogP contribution in [0.1, 0.15) is 38.8 Å². The van der Waals surface area contributed by atoms with E-state index in [1.807, 2.05) is 25.1 Å². The fourth-order valence-corrected chi connectivity index (χ4v) is 3.39. The third-order valence-corrected chi connectivity index (χ3v) is 4.92. The number of nitrogen functional groups attached to an aromatic ring is 1. The quantitative estimate of drug-likeness (QED) is 0.805. The Morgan fingerprint density at radius 2 is 1.95 bits per heavy atom. The van der Waals surface area contributed by atoms with Gasteiger partial charge in [-0.25, -0.2) is 0 Å². The predicted molar refractivity (Wildman–Crippen MR) is 90.5 cm³/mol. The van der Waals surface area contributed by atoms with Crippen molar-refractivity contribution in [3.8, 4) is 0 Å². The molecule has 112 valence electrons. The molecule has 1 aromatic heterocycles. The van der Waals surface area contributed by atoms with E-state index in [2.05, 4.69) is 30.2 Å².